The summed E-state index contributed by atoms with van der Waals surface area (Å²) in [6, 6.07) is 39.0. The Morgan fingerprint density at radius 3 is 1.29 bits per heavy atom. The van der Waals surface area contributed by atoms with Crippen LogP contribution in [-0.2, 0) is 25.7 Å². The highest BCUT2D eigenvalue weighted by Gasteiger charge is 2.09. The molecule has 4 aromatic carbocycles. The van der Waals surface area contributed by atoms with Gasteiger partial charge in [0.25, 0.3) is 0 Å². The van der Waals surface area contributed by atoms with E-state index < -0.39 is 0 Å². The predicted molar refractivity (Wildman–Crippen MR) is 163 cm³/mol. The fraction of sp³-hybridized carbons (Fsp3) is 0.118. The first kappa shape index (κ1) is 24.7. The lowest BCUT2D eigenvalue weighted by Crippen LogP contribution is -1.92. The number of hydrogen-bond donors (Lipinski definition) is 0. The van der Waals surface area contributed by atoms with Crippen LogP contribution in [0, 0.1) is 0 Å². The summed E-state index contributed by atoms with van der Waals surface area (Å²) in [4.78, 5) is 11.8. The van der Waals surface area contributed by atoms with Gasteiger partial charge >= 0.3 is 0 Å². The molecule has 186 valence electrons. The molecule has 2 heterocycles. The molecule has 0 aliphatic carbocycles. The molecule has 0 aliphatic rings. The van der Waals surface area contributed by atoms with Crippen LogP contribution < -0.4 is 0 Å². The van der Waals surface area contributed by atoms with Crippen LogP contribution >= 0.6 is 21.6 Å². The van der Waals surface area contributed by atoms with E-state index >= 15 is 0 Å². The molecule has 0 amide bonds. The van der Waals surface area contributed by atoms with Crippen LogP contribution in [0.4, 0.5) is 0 Å². The van der Waals surface area contributed by atoms with Crippen molar-refractivity contribution < 1.29 is 0 Å². The van der Waals surface area contributed by atoms with E-state index in [-0.39, 0.29) is 0 Å². The van der Waals surface area contributed by atoms with Crippen LogP contribution in [-0.4, -0.2) is 9.97 Å². The zero-order chi connectivity index (χ0) is 25.6. The second-order valence-corrected chi connectivity index (χ2v) is 11.7. The Morgan fingerprint density at radius 1 is 0.421 bits per heavy atom. The maximum atomic E-state index is 4.68. The van der Waals surface area contributed by atoms with E-state index in [0.29, 0.717) is 0 Å². The first-order valence-corrected chi connectivity index (χ1v) is 15.1. The molecule has 0 N–H and O–H groups in total. The summed E-state index contributed by atoms with van der Waals surface area (Å²) < 4.78 is 0. The first-order valence-electron chi connectivity index (χ1n) is 13.0. The molecule has 0 spiro atoms. The molecule has 2 nitrogen and oxygen atoms in total. The van der Waals surface area contributed by atoms with E-state index in [2.05, 4.69) is 119 Å². The summed E-state index contributed by atoms with van der Waals surface area (Å²) in [6.45, 7) is 0. The third kappa shape index (κ3) is 5.93. The lowest BCUT2D eigenvalue weighted by Gasteiger charge is -2.10. The van der Waals surface area contributed by atoms with Crippen molar-refractivity contribution in [2.45, 2.75) is 35.5 Å². The van der Waals surface area contributed by atoms with Gasteiger partial charge in [-0.2, -0.15) is 0 Å². The van der Waals surface area contributed by atoms with Gasteiger partial charge in [0.1, 0.15) is 0 Å². The quantitative estimate of drug-likeness (QED) is 0.175. The lowest BCUT2D eigenvalue weighted by atomic mass is 10.0. The van der Waals surface area contributed by atoms with Gasteiger partial charge in [-0.25, -0.2) is 0 Å². The number of nitrogens with zero attached hydrogens (tertiary/aromatic N) is 2. The molecule has 2 aromatic heterocycles. The molecule has 0 saturated carbocycles. The standard InChI is InChI=1S/C34H28N2S2/c1-3-7-25(8-4-1)11-13-27-15-17-29-31(23-27)35-21-19-33(29)37-38-34-20-22-36-32-24-28(16-18-30(32)34)14-12-26-9-5-2-6-10-26/h1-10,15-24H,11-14H2. The molecule has 6 aromatic rings. The molecule has 4 heteroatoms. The van der Waals surface area contributed by atoms with E-state index in [1.165, 1.54) is 42.8 Å². The fourth-order valence-electron chi connectivity index (χ4n) is 4.75. The van der Waals surface area contributed by atoms with Crippen LogP contribution in [0.25, 0.3) is 21.8 Å². The first-order chi connectivity index (χ1) is 18.8. The topological polar surface area (TPSA) is 25.8 Å². The molecule has 0 unspecified atom stereocenters. The SMILES string of the molecule is c1ccc(CCc2ccc3c(SSc4ccnc5cc(CCc6ccccc6)ccc45)ccnc3c2)cc1. The largest absolute Gasteiger partial charge is 0.256 e. The van der Waals surface area contributed by atoms with Gasteiger partial charge in [-0.3, -0.25) is 9.97 Å². The number of aryl methyl sites for hydroxylation is 4. The molecule has 0 fully saturated rings. The normalized spacial score (nSPS) is 11.3. The second kappa shape index (κ2) is 11.8. The van der Waals surface area contributed by atoms with Crippen molar-refractivity contribution in [2.24, 2.45) is 0 Å². The Kier molecular flexibility index (Phi) is 7.71. The summed E-state index contributed by atoms with van der Waals surface area (Å²) >= 11 is 0. The molecular weight excluding hydrogens is 501 g/mol. The van der Waals surface area contributed by atoms with Crippen LogP contribution in [0.3, 0.4) is 0 Å². The van der Waals surface area contributed by atoms with Gasteiger partial charge < -0.3 is 0 Å². The number of fused-ring (bicyclic) bond motifs is 2. The van der Waals surface area contributed by atoms with Crippen LogP contribution in [0.2, 0.25) is 0 Å². The summed E-state index contributed by atoms with van der Waals surface area (Å²) in [7, 11) is 3.59. The van der Waals surface area contributed by atoms with Crippen molar-refractivity contribution in [1.29, 1.82) is 0 Å². The van der Waals surface area contributed by atoms with Gasteiger partial charge in [-0.1, -0.05) is 107 Å². The van der Waals surface area contributed by atoms with Crippen LogP contribution in [0.5, 0.6) is 0 Å². The van der Waals surface area contributed by atoms with Crippen LogP contribution in [0.1, 0.15) is 22.3 Å². The molecule has 6 rings (SSSR count). The predicted octanol–water partition coefficient (Wildman–Crippen LogP) is 9.15. The van der Waals surface area contributed by atoms with E-state index in [1.54, 1.807) is 21.6 Å². The van der Waals surface area contributed by atoms with Gasteiger partial charge in [-0.15, -0.1) is 0 Å². The van der Waals surface area contributed by atoms with Crippen LogP contribution in [0.15, 0.2) is 131 Å². The number of hydrogen-bond acceptors (Lipinski definition) is 4. The molecule has 0 aliphatic heterocycles. The highest BCUT2D eigenvalue weighted by Crippen LogP contribution is 2.42. The average molecular weight is 529 g/mol. The van der Waals surface area contributed by atoms with E-state index in [1.807, 2.05) is 12.4 Å². The van der Waals surface area contributed by atoms with Crippen molar-refractivity contribution in [3.05, 3.63) is 144 Å². The van der Waals surface area contributed by atoms with Crippen molar-refractivity contribution in [3.8, 4) is 0 Å². The van der Waals surface area contributed by atoms with E-state index in [9.17, 15) is 0 Å². The summed E-state index contributed by atoms with van der Waals surface area (Å²) in [6.07, 6.45) is 7.97. The van der Waals surface area contributed by atoms with Gasteiger partial charge in [0.15, 0.2) is 0 Å². The zero-order valence-electron chi connectivity index (χ0n) is 21.1. The Labute approximate surface area is 232 Å². The summed E-state index contributed by atoms with van der Waals surface area (Å²) in [5.74, 6) is 0. The third-order valence-corrected chi connectivity index (χ3v) is 9.33. The molecule has 0 atom stereocenters. The van der Waals surface area contributed by atoms with Crippen molar-refractivity contribution >= 4 is 43.4 Å². The average Bonchev–Trinajstić information content (AvgIpc) is 2.98. The molecule has 0 bridgehead atoms. The van der Waals surface area contributed by atoms with Crippen molar-refractivity contribution in [3.63, 3.8) is 0 Å². The third-order valence-electron chi connectivity index (χ3n) is 6.85. The Balaban J connectivity index is 1.15. The molecule has 38 heavy (non-hydrogen) atoms. The highest BCUT2D eigenvalue weighted by atomic mass is 33.1. The summed E-state index contributed by atoms with van der Waals surface area (Å²) in [5, 5.41) is 2.41. The Bertz CT molecular complexity index is 1540. The minimum Gasteiger partial charge on any atom is -0.256 e. The number of rotatable bonds is 9. The lowest BCUT2D eigenvalue weighted by molar-refractivity contribution is 0.961. The smallest absolute Gasteiger partial charge is 0.0716 e. The maximum Gasteiger partial charge on any atom is 0.0716 e. The van der Waals surface area contributed by atoms with Gasteiger partial charge in [0.05, 0.1) is 11.0 Å². The Morgan fingerprint density at radius 2 is 0.842 bits per heavy atom. The number of aromatic nitrogens is 2. The fourth-order valence-corrected chi connectivity index (χ4v) is 7.10. The van der Waals surface area contributed by atoms with Gasteiger partial charge in [0, 0.05) is 33.0 Å². The minimum absolute atomic E-state index is 1.02. The molecular formula is C34H28N2S2. The number of pyridine rings is 2. The Hall–Kier alpha value is -3.60. The second-order valence-electron chi connectivity index (χ2n) is 9.46. The van der Waals surface area contributed by atoms with Gasteiger partial charge in [0.2, 0.25) is 0 Å². The minimum atomic E-state index is 1.02. The van der Waals surface area contributed by atoms with E-state index in [0.717, 1.165) is 36.7 Å². The summed E-state index contributed by atoms with van der Waals surface area (Å²) in [5.41, 5.74) is 7.51. The van der Waals surface area contributed by atoms with E-state index in [4.69, 9.17) is 0 Å². The van der Waals surface area contributed by atoms with Crippen molar-refractivity contribution in [1.82, 2.24) is 9.97 Å². The molecule has 0 radical (unpaired) electrons. The van der Waals surface area contributed by atoms with Gasteiger partial charge in [-0.05, 0) is 72.2 Å². The monoisotopic (exact) mass is 528 g/mol. The maximum absolute atomic E-state index is 4.68. The zero-order valence-corrected chi connectivity index (χ0v) is 22.7. The van der Waals surface area contributed by atoms with Crippen molar-refractivity contribution in [2.75, 3.05) is 0 Å². The number of benzene rings is 4. The highest BCUT2D eigenvalue weighted by molar-refractivity contribution is 8.76. The molecule has 0 saturated heterocycles.